The molecule has 3 unspecified atom stereocenters. The molecule has 2 heteroatoms. The van der Waals surface area contributed by atoms with Crippen molar-refractivity contribution in [3.05, 3.63) is 58.4 Å². The molecule has 3 atom stereocenters. The van der Waals surface area contributed by atoms with Crippen molar-refractivity contribution >= 4 is 11.6 Å². The molecule has 0 spiro atoms. The number of fused-ring (bicyclic) bond motifs is 3. The maximum atomic E-state index is 14.9. The van der Waals surface area contributed by atoms with Crippen LogP contribution in [-0.4, -0.2) is 0 Å². The van der Waals surface area contributed by atoms with E-state index in [0.717, 1.165) is 23.8 Å². The van der Waals surface area contributed by atoms with Crippen molar-refractivity contribution < 1.29 is 4.39 Å². The van der Waals surface area contributed by atoms with Gasteiger partial charge < -0.3 is 0 Å². The van der Waals surface area contributed by atoms with Gasteiger partial charge in [-0.25, -0.2) is 4.39 Å². The highest BCUT2D eigenvalue weighted by Gasteiger charge is 2.35. The molecular weight excluding hydrogens is 331 g/mol. The summed E-state index contributed by atoms with van der Waals surface area (Å²) in [5, 5.41) is 0.689. The van der Waals surface area contributed by atoms with Crippen LogP contribution >= 0.6 is 11.6 Å². The summed E-state index contributed by atoms with van der Waals surface area (Å²) in [4.78, 5) is 0. The Hall–Kier alpha value is -1.34. The minimum absolute atomic E-state index is 0.0857. The highest BCUT2D eigenvalue weighted by Crippen LogP contribution is 2.48. The summed E-state index contributed by atoms with van der Waals surface area (Å²) in [6, 6.07) is 11.4. The lowest BCUT2D eigenvalue weighted by Gasteiger charge is -2.41. The number of hydrogen-bond acceptors (Lipinski definition) is 0. The molecule has 1 fully saturated rings. The second kappa shape index (κ2) is 7.11. The van der Waals surface area contributed by atoms with E-state index in [0.29, 0.717) is 16.5 Å². The van der Waals surface area contributed by atoms with Crippen molar-refractivity contribution in [3.63, 3.8) is 0 Å². The van der Waals surface area contributed by atoms with Crippen LogP contribution in [0.5, 0.6) is 0 Å². The van der Waals surface area contributed by atoms with Crippen LogP contribution in [0.2, 0.25) is 5.02 Å². The second-order valence-corrected chi connectivity index (χ2v) is 8.35. The first-order valence-electron chi connectivity index (χ1n) is 9.74. The predicted molar refractivity (Wildman–Crippen MR) is 104 cm³/mol. The lowest BCUT2D eigenvalue weighted by Crippen LogP contribution is -2.28. The first kappa shape index (κ1) is 17.1. The van der Waals surface area contributed by atoms with Gasteiger partial charge in [-0.2, -0.15) is 0 Å². The van der Waals surface area contributed by atoms with E-state index in [2.05, 4.69) is 13.0 Å². The topological polar surface area (TPSA) is 0 Å². The maximum absolute atomic E-state index is 14.9. The number of aryl methyl sites for hydroxylation is 1. The van der Waals surface area contributed by atoms with Gasteiger partial charge in [0.05, 0.1) is 0 Å². The van der Waals surface area contributed by atoms with Crippen molar-refractivity contribution in [1.82, 2.24) is 0 Å². The van der Waals surface area contributed by atoms with E-state index in [9.17, 15) is 4.39 Å². The summed E-state index contributed by atoms with van der Waals surface area (Å²) < 4.78 is 14.9. The van der Waals surface area contributed by atoms with Crippen LogP contribution in [0.15, 0.2) is 36.4 Å². The molecule has 0 aromatic heterocycles. The molecule has 2 aromatic rings. The first-order valence-corrected chi connectivity index (χ1v) is 10.1. The van der Waals surface area contributed by atoms with Gasteiger partial charge in [0.15, 0.2) is 0 Å². The molecule has 132 valence electrons. The summed E-state index contributed by atoms with van der Waals surface area (Å²) in [5.74, 6) is 2.15. The van der Waals surface area contributed by atoms with Crippen molar-refractivity contribution in [3.8, 4) is 11.1 Å². The van der Waals surface area contributed by atoms with Crippen LogP contribution in [0.1, 0.15) is 62.5 Å². The number of rotatable bonds is 3. The molecule has 25 heavy (non-hydrogen) atoms. The molecule has 2 aliphatic rings. The fraction of sp³-hybridized carbons (Fsp3) is 0.478. The second-order valence-electron chi connectivity index (χ2n) is 7.91. The third-order valence-electron chi connectivity index (χ3n) is 6.36. The van der Waals surface area contributed by atoms with Crippen LogP contribution in [0.3, 0.4) is 0 Å². The molecule has 4 rings (SSSR count). The van der Waals surface area contributed by atoms with Crippen LogP contribution in [0.25, 0.3) is 11.1 Å². The van der Waals surface area contributed by atoms with E-state index in [1.807, 2.05) is 30.3 Å². The van der Waals surface area contributed by atoms with Gasteiger partial charge in [0.2, 0.25) is 0 Å². The minimum Gasteiger partial charge on any atom is -0.206 e. The van der Waals surface area contributed by atoms with Gasteiger partial charge in [0, 0.05) is 10.6 Å². The average molecular weight is 357 g/mol. The zero-order valence-electron chi connectivity index (χ0n) is 14.9. The highest BCUT2D eigenvalue weighted by atomic mass is 35.5. The molecule has 2 aliphatic carbocycles. The van der Waals surface area contributed by atoms with Gasteiger partial charge in [0.1, 0.15) is 5.82 Å². The van der Waals surface area contributed by atoms with Crippen molar-refractivity contribution in [2.75, 3.05) is 0 Å². The van der Waals surface area contributed by atoms with Crippen molar-refractivity contribution in [2.45, 2.75) is 57.8 Å². The molecule has 0 radical (unpaired) electrons. The zero-order chi connectivity index (χ0) is 17.4. The van der Waals surface area contributed by atoms with Crippen molar-refractivity contribution in [2.24, 2.45) is 11.8 Å². The predicted octanol–water partition coefficient (Wildman–Crippen LogP) is 7.39. The molecular formula is C23H26ClF. The van der Waals surface area contributed by atoms with E-state index in [-0.39, 0.29) is 5.82 Å². The van der Waals surface area contributed by atoms with Gasteiger partial charge in [-0.1, -0.05) is 43.5 Å². The third kappa shape index (κ3) is 3.36. The Labute approximate surface area is 155 Å². The standard InChI is InChI=1S/C23H26ClF/c1-2-3-15-4-11-20-17(12-15)5-6-18-13-22(23(25)14-21(18)20)16-7-9-19(24)10-8-16/h7-10,13-15,17,20H,2-6,11-12H2,1H3. The van der Waals surface area contributed by atoms with E-state index in [4.69, 9.17) is 11.6 Å². The Morgan fingerprint density at radius 1 is 1.08 bits per heavy atom. The number of hydrogen-bond donors (Lipinski definition) is 0. The molecule has 0 N–H and O–H groups in total. The molecule has 0 amide bonds. The normalized spacial score (nSPS) is 25.3. The van der Waals surface area contributed by atoms with Crippen LogP contribution in [0.4, 0.5) is 4.39 Å². The summed E-state index contributed by atoms with van der Waals surface area (Å²) in [7, 11) is 0. The van der Waals surface area contributed by atoms with Crippen LogP contribution < -0.4 is 0 Å². The molecule has 0 nitrogen and oxygen atoms in total. The quantitative estimate of drug-likeness (QED) is 0.537. The summed E-state index contributed by atoms with van der Waals surface area (Å²) in [6.45, 7) is 2.29. The number of halogens is 2. The van der Waals surface area contributed by atoms with E-state index < -0.39 is 0 Å². The molecule has 2 aromatic carbocycles. The lowest BCUT2D eigenvalue weighted by atomic mass is 9.64. The highest BCUT2D eigenvalue weighted by molar-refractivity contribution is 6.30. The first-order chi connectivity index (χ1) is 12.2. The summed E-state index contributed by atoms with van der Waals surface area (Å²) in [6.07, 6.45) is 8.91. The molecule has 0 saturated heterocycles. The van der Waals surface area contributed by atoms with Gasteiger partial charge in [-0.05, 0) is 90.8 Å². The number of benzene rings is 2. The van der Waals surface area contributed by atoms with E-state index in [1.54, 1.807) is 0 Å². The Morgan fingerprint density at radius 3 is 2.64 bits per heavy atom. The Bertz CT molecular complexity index is 749. The van der Waals surface area contributed by atoms with Gasteiger partial charge in [-0.15, -0.1) is 0 Å². The fourth-order valence-corrected chi connectivity index (χ4v) is 5.27. The van der Waals surface area contributed by atoms with E-state index >= 15 is 0 Å². The van der Waals surface area contributed by atoms with Crippen LogP contribution in [0, 0.1) is 17.7 Å². The fourth-order valence-electron chi connectivity index (χ4n) is 5.15. The Kier molecular flexibility index (Phi) is 4.86. The van der Waals surface area contributed by atoms with E-state index in [1.165, 1.54) is 49.7 Å². The summed E-state index contributed by atoms with van der Waals surface area (Å²) >= 11 is 5.97. The average Bonchev–Trinajstić information content (AvgIpc) is 2.62. The molecule has 1 saturated carbocycles. The summed E-state index contributed by atoms with van der Waals surface area (Å²) in [5.41, 5.74) is 4.29. The minimum atomic E-state index is -0.0857. The third-order valence-corrected chi connectivity index (χ3v) is 6.61. The molecule has 0 aliphatic heterocycles. The lowest BCUT2D eigenvalue weighted by molar-refractivity contribution is 0.201. The van der Waals surface area contributed by atoms with Gasteiger partial charge in [-0.3, -0.25) is 0 Å². The molecule has 0 heterocycles. The molecule has 0 bridgehead atoms. The Morgan fingerprint density at radius 2 is 1.88 bits per heavy atom. The zero-order valence-corrected chi connectivity index (χ0v) is 15.7. The maximum Gasteiger partial charge on any atom is 0.131 e. The van der Waals surface area contributed by atoms with Gasteiger partial charge in [0.25, 0.3) is 0 Å². The SMILES string of the molecule is CCCC1CCC2c3cc(F)c(-c4ccc(Cl)cc4)cc3CCC2C1. The van der Waals surface area contributed by atoms with Gasteiger partial charge >= 0.3 is 0 Å². The Balaban J connectivity index is 1.64. The van der Waals surface area contributed by atoms with Crippen molar-refractivity contribution in [1.29, 1.82) is 0 Å². The largest absolute Gasteiger partial charge is 0.206 e. The monoisotopic (exact) mass is 356 g/mol. The smallest absolute Gasteiger partial charge is 0.131 e. The van der Waals surface area contributed by atoms with Crippen LogP contribution in [-0.2, 0) is 6.42 Å².